The third kappa shape index (κ3) is 4.05. The van der Waals surface area contributed by atoms with E-state index in [2.05, 4.69) is 4.90 Å². The van der Waals surface area contributed by atoms with Crippen molar-refractivity contribution in [3.63, 3.8) is 0 Å². The standard InChI is InChI=1S/C19H21N3O3S/c1-21(26(23,24)19-8-4-16(14-20)5-9-19)15-17-2-6-18(7-3-17)22-10-12-25-13-11-22/h2-9H,10-13,15H2,1H3. The molecular weight excluding hydrogens is 350 g/mol. The molecule has 2 aromatic carbocycles. The second kappa shape index (κ2) is 7.87. The molecule has 0 aliphatic carbocycles. The number of hydrogen-bond donors (Lipinski definition) is 0. The second-order valence-corrected chi connectivity index (χ2v) is 8.21. The van der Waals surface area contributed by atoms with Gasteiger partial charge in [-0.15, -0.1) is 0 Å². The Bertz CT molecular complexity index is 881. The number of hydrogen-bond acceptors (Lipinski definition) is 5. The Morgan fingerprint density at radius 3 is 2.27 bits per heavy atom. The lowest BCUT2D eigenvalue weighted by Gasteiger charge is -2.29. The van der Waals surface area contributed by atoms with Gasteiger partial charge in [0.1, 0.15) is 0 Å². The number of rotatable bonds is 5. The highest BCUT2D eigenvalue weighted by atomic mass is 32.2. The fraction of sp³-hybridized carbons (Fsp3) is 0.316. The van der Waals surface area contributed by atoms with Crippen molar-refractivity contribution in [1.82, 2.24) is 4.31 Å². The van der Waals surface area contributed by atoms with E-state index in [-0.39, 0.29) is 11.4 Å². The molecule has 7 heteroatoms. The quantitative estimate of drug-likeness (QED) is 0.806. The van der Waals surface area contributed by atoms with E-state index in [1.807, 2.05) is 30.3 Å². The zero-order valence-corrected chi connectivity index (χ0v) is 15.4. The minimum Gasteiger partial charge on any atom is -0.378 e. The van der Waals surface area contributed by atoms with Crippen LogP contribution in [0.25, 0.3) is 0 Å². The van der Waals surface area contributed by atoms with Crippen LogP contribution in [0.5, 0.6) is 0 Å². The van der Waals surface area contributed by atoms with Crippen LogP contribution in [0.1, 0.15) is 11.1 Å². The average Bonchev–Trinajstić information content (AvgIpc) is 2.69. The minimum absolute atomic E-state index is 0.184. The lowest BCUT2D eigenvalue weighted by Crippen LogP contribution is -2.36. The van der Waals surface area contributed by atoms with E-state index in [1.165, 1.54) is 28.6 Å². The molecule has 1 heterocycles. The number of sulfonamides is 1. The zero-order valence-electron chi connectivity index (χ0n) is 14.6. The molecule has 6 nitrogen and oxygen atoms in total. The van der Waals surface area contributed by atoms with Gasteiger partial charge in [0.15, 0.2) is 0 Å². The number of nitrogens with zero attached hydrogens (tertiary/aromatic N) is 3. The molecule has 1 aliphatic heterocycles. The van der Waals surface area contributed by atoms with E-state index < -0.39 is 10.0 Å². The van der Waals surface area contributed by atoms with Gasteiger partial charge in [0.05, 0.1) is 29.7 Å². The maximum atomic E-state index is 12.7. The summed E-state index contributed by atoms with van der Waals surface area (Å²) >= 11 is 0. The SMILES string of the molecule is CN(Cc1ccc(N2CCOCC2)cc1)S(=O)(=O)c1ccc(C#N)cc1. The Labute approximate surface area is 154 Å². The van der Waals surface area contributed by atoms with E-state index in [0.717, 1.165) is 37.6 Å². The van der Waals surface area contributed by atoms with Crippen molar-refractivity contribution in [3.8, 4) is 6.07 Å². The summed E-state index contributed by atoms with van der Waals surface area (Å²) in [4.78, 5) is 2.44. The highest BCUT2D eigenvalue weighted by molar-refractivity contribution is 7.89. The number of anilines is 1. The molecule has 1 saturated heterocycles. The van der Waals surface area contributed by atoms with Gasteiger partial charge in [0.2, 0.25) is 10.0 Å². The summed E-state index contributed by atoms with van der Waals surface area (Å²) < 4.78 is 32.0. The molecule has 0 amide bonds. The average molecular weight is 371 g/mol. The largest absolute Gasteiger partial charge is 0.378 e. The molecule has 0 radical (unpaired) electrons. The van der Waals surface area contributed by atoms with Gasteiger partial charge >= 0.3 is 0 Å². The molecule has 1 aliphatic rings. The third-order valence-electron chi connectivity index (χ3n) is 4.41. The first-order valence-corrected chi connectivity index (χ1v) is 9.83. The maximum Gasteiger partial charge on any atom is 0.243 e. The first-order valence-electron chi connectivity index (χ1n) is 8.39. The van der Waals surface area contributed by atoms with Gasteiger partial charge in [-0.1, -0.05) is 12.1 Å². The molecule has 136 valence electrons. The van der Waals surface area contributed by atoms with Crippen LogP contribution in [-0.2, 0) is 21.3 Å². The van der Waals surface area contributed by atoms with Crippen molar-refractivity contribution in [2.24, 2.45) is 0 Å². The molecule has 3 rings (SSSR count). The molecule has 1 fully saturated rings. The number of nitriles is 1. The van der Waals surface area contributed by atoms with Gasteiger partial charge in [-0.25, -0.2) is 8.42 Å². The predicted octanol–water partition coefficient (Wildman–Crippen LogP) is 2.22. The van der Waals surface area contributed by atoms with E-state index in [9.17, 15) is 8.42 Å². The van der Waals surface area contributed by atoms with Gasteiger partial charge in [-0.05, 0) is 42.0 Å². The van der Waals surface area contributed by atoms with Crippen molar-refractivity contribution in [2.45, 2.75) is 11.4 Å². The Morgan fingerprint density at radius 1 is 1.08 bits per heavy atom. The van der Waals surface area contributed by atoms with E-state index in [0.29, 0.717) is 5.56 Å². The first kappa shape index (κ1) is 18.4. The van der Waals surface area contributed by atoms with E-state index >= 15 is 0 Å². The summed E-state index contributed by atoms with van der Waals surface area (Å²) in [6.45, 7) is 3.48. The van der Waals surface area contributed by atoms with Gasteiger partial charge in [-0.3, -0.25) is 0 Å². The van der Waals surface area contributed by atoms with Crippen LogP contribution in [0.15, 0.2) is 53.4 Å². The highest BCUT2D eigenvalue weighted by Crippen LogP contribution is 2.20. The fourth-order valence-corrected chi connectivity index (χ4v) is 4.02. The summed E-state index contributed by atoms with van der Waals surface area (Å²) in [5, 5.41) is 8.83. The van der Waals surface area contributed by atoms with Crippen LogP contribution in [0, 0.1) is 11.3 Å². The Balaban J connectivity index is 1.70. The lowest BCUT2D eigenvalue weighted by molar-refractivity contribution is 0.122. The summed E-state index contributed by atoms with van der Waals surface area (Å²) in [6.07, 6.45) is 0. The maximum absolute atomic E-state index is 12.7. The van der Waals surface area contributed by atoms with Crippen LogP contribution in [0.4, 0.5) is 5.69 Å². The van der Waals surface area contributed by atoms with Crippen LogP contribution >= 0.6 is 0 Å². The van der Waals surface area contributed by atoms with Crippen molar-refractivity contribution < 1.29 is 13.2 Å². The van der Waals surface area contributed by atoms with Gasteiger partial charge in [-0.2, -0.15) is 9.57 Å². The smallest absolute Gasteiger partial charge is 0.243 e. The molecule has 26 heavy (non-hydrogen) atoms. The molecule has 0 N–H and O–H groups in total. The van der Waals surface area contributed by atoms with Gasteiger partial charge in [0, 0.05) is 32.4 Å². The van der Waals surface area contributed by atoms with Gasteiger partial charge in [0.25, 0.3) is 0 Å². The molecule has 0 aromatic heterocycles. The molecule has 0 unspecified atom stereocenters. The Kier molecular flexibility index (Phi) is 5.57. The topological polar surface area (TPSA) is 73.6 Å². The molecule has 0 spiro atoms. The van der Waals surface area contributed by atoms with Crippen molar-refractivity contribution in [2.75, 3.05) is 38.3 Å². The lowest BCUT2D eigenvalue weighted by atomic mass is 10.2. The molecule has 0 bridgehead atoms. The summed E-state index contributed by atoms with van der Waals surface area (Å²) in [6, 6.07) is 15.9. The minimum atomic E-state index is -3.60. The van der Waals surface area contributed by atoms with Crippen LogP contribution < -0.4 is 4.90 Å². The summed E-state index contributed by atoms with van der Waals surface area (Å²) in [5.74, 6) is 0. The van der Waals surface area contributed by atoms with Crippen molar-refractivity contribution in [3.05, 3.63) is 59.7 Å². The highest BCUT2D eigenvalue weighted by Gasteiger charge is 2.21. The molecular formula is C19H21N3O3S. The van der Waals surface area contributed by atoms with Crippen LogP contribution in [0.3, 0.4) is 0 Å². The number of morpholine rings is 1. The monoisotopic (exact) mass is 371 g/mol. The second-order valence-electron chi connectivity index (χ2n) is 6.16. The molecule has 2 aromatic rings. The normalized spacial score (nSPS) is 15.0. The third-order valence-corrected chi connectivity index (χ3v) is 6.23. The number of ether oxygens (including phenoxy) is 1. The summed E-state index contributed by atoms with van der Waals surface area (Å²) in [5.41, 5.74) is 2.47. The van der Waals surface area contributed by atoms with E-state index in [1.54, 1.807) is 7.05 Å². The Hall–Kier alpha value is -2.40. The van der Waals surface area contributed by atoms with Crippen molar-refractivity contribution >= 4 is 15.7 Å². The zero-order chi connectivity index (χ0) is 18.6. The molecule has 0 atom stereocenters. The summed E-state index contributed by atoms with van der Waals surface area (Å²) in [7, 11) is -2.04. The number of benzene rings is 2. The van der Waals surface area contributed by atoms with E-state index in [4.69, 9.17) is 10.00 Å². The fourth-order valence-electron chi connectivity index (χ4n) is 2.86. The van der Waals surface area contributed by atoms with Crippen LogP contribution in [0.2, 0.25) is 0 Å². The Morgan fingerprint density at radius 2 is 1.69 bits per heavy atom. The molecule has 0 saturated carbocycles. The van der Waals surface area contributed by atoms with Gasteiger partial charge < -0.3 is 9.64 Å². The first-order chi connectivity index (χ1) is 12.5. The van der Waals surface area contributed by atoms with Crippen LogP contribution in [-0.4, -0.2) is 46.1 Å². The van der Waals surface area contributed by atoms with Crippen molar-refractivity contribution in [1.29, 1.82) is 5.26 Å². The predicted molar refractivity (Wildman–Crippen MR) is 99.3 cm³/mol.